The van der Waals surface area contributed by atoms with E-state index in [4.69, 9.17) is 10.5 Å². The number of esters is 1. The Morgan fingerprint density at radius 2 is 1.83 bits per heavy atom. The summed E-state index contributed by atoms with van der Waals surface area (Å²) in [5.41, 5.74) is 6.56. The van der Waals surface area contributed by atoms with Crippen molar-refractivity contribution >= 4 is 29.1 Å². The maximum Gasteiger partial charge on any atom is 0.343 e. The lowest BCUT2D eigenvalue weighted by Gasteiger charge is -2.04. The van der Waals surface area contributed by atoms with Crippen LogP contribution in [-0.4, -0.2) is 23.6 Å². The average molecular weight is 331 g/mol. The summed E-state index contributed by atoms with van der Waals surface area (Å²) in [4.78, 5) is 11.9. The number of halogens is 1. The van der Waals surface area contributed by atoms with Crippen molar-refractivity contribution in [3.8, 4) is 5.75 Å². The van der Waals surface area contributed by atoms with Crippen LogP contribution in [0.25, 0.3) is 0 Å². The van der Waals surface area contributed by atoms with Crippen LogP contribution in [0.2, 0.25) is 0 Å². The first-order valence-electron chi connectivity index (χ1n) is 6.57. The zero-order valence-electron chi connectivity index (χ0n) is 12.3. The Balaban J connectivity index is 1.99. The molecule has 0 aromatic heterocycles. The Bertz CT molecular complexity index is 728. The molecule has 0 unspecified atom stereocenters. The molecule has 2 N–H and O–H groups in total. The van der Waals surface area contributed by atoms with Crippen molar-refractivity contribution in [1.82, 2.24) is 0 Å². The number of amidine groups is 1. The van der Waals surface area contributed by atoms with E-state index >= 15 is 0 Å². The Morgan fingerprint density at radius 1 is 1.17 bits per heavy atom. The molecule has 0 aliphatic carbocycles. The molecule has 0 heterocycles. The summed E-state index contributed by atoms with van der Waals surface area (Å²) >= 11 is 1.30. The second-order valence-electron chi connectivity index (χ2n) is 4.35. The maximum absolute atomic E-state index is 12.8. The average Bonchev–Trinajstić information content (AvgIpc) is 2.56. The van der Waals surface area contributed by atoms with Crippen LogP contribution in [0.1, 0.15) is 15.9 Å². The lowest BCUT2D eigenvalue weighted by atomic mass is 10.2. The summed E-state index contributed by atoms with van der Waals surface area (Å²) in [6.07, 6.45) is 3.34. The van der Waals surface area contributed by atoms with Crippen LogP contribution in [0.4, 0.5) is 4.39 Å². The standard InChI is InChI=1S/C16H14FN3O2S/c1-23-16(18)20-19-10-11-2-8-14(9-3-11)22-15(21)12-4-6-13(17)7-5-12/h2-10H,1H3,(H2,18,20)/b19-10-. The zero-order chi connectivity index (χ0) is 16.7. The molecule has 0 fully saturated rings. The van der Waals surface area contributed by atoms with E-state index in [9.17, 15) is 9.18 Å². The van der Waals surface area contributed by atoms with Gasteiger partial charge in [-0.05, 0) is 60.4 Å². The van der Waals surface area contributed by atoms with E-state index in [0.29, 0.717) is 10.9 Å². The minimum atomic E-state index is -0.552. The monoisotopic (exact) mass is 331 g/mol. The van der Waals surface area contributed by atoms with Crippen molar-refractivity contribution in [1.29, 1.82) is 0 Å². The largest absolute Gasteiger partial charge is 0.423 e. The predicted molar refractivity (Wildman–Crippen MR) is 90.5 cm³/mol. The number of benzene rings is 2. The molecule has 23 heavy (non-hydrogen) atoms. The van der Waals surface area contributed by atoms with Crippen molar-refractivity contribution < 1.29 is 13.9 Å². The van der Waals surface area contributed by atoms with Gasteiger partial charge in [0.1, 0.15) is 11.6 Å². The summed E-state index contributed by atoms with van der Waals surface area (Å²) in [6.45, 7) is 0. The quantitative estimate of drug-likeness (QED) is 0.307. The minimum absolute atomic E-state index is 0.277. The van der Waals surface area contributed by atoms with Crippen LogP contribution < -0.4 is 10.5 Å². The van der Waals surface area contributed by atoms with Gasteiger partial charge in [-0.25, -0.2) is 9.18 Å². The first-order valence-corrected chi connectivity index (χ1v) is 7.79. The third-order valence-electron chi connectivity index (χ3n) is 2.74. The second kappa shape index (κ2) is 8.09. The second-order valence-corrected chi connectivity index (χ2v) is 5.18. The highest BCUT2D eigenvalue weighted by molar-refractivity contribution is 8.13. The van der Waals surface area contributed by atoms with Gasteiger partial charge in [-0.2, -0.15) is 5.10 Å². The van der Waals surface area contributed by atoms with Crippen LogP contribution in [0, 0.1) is 5.82 Å². The van der Waals surface area contributed by atoms with E-state index in [0.717, 1.165) is 5.56 Å². The molecule has 118 valence electrons. The normalized spacial score (nSPS) is 11.7. The summed E-state index contributed by atoms with van der Waals surface area (Å²) in [6, 6.07) is 11.9. The Morgan fingerprint density at radius 3 is 2.43 bits per heavy atom. The van der Waals surface area contributed by atoms with Crippen molar-refractivity contribution in [3.63, 3.8) is 0 Å². The van der Waals surface area contributed by atoms with Crippen molar-refractivity contribution in [2.75, 3.05) is 6.26 Å². The van der Waals surface area contributed by atoms with Gasteiger partial charge in [-0.1, -0.05) is 11.8 Å². The topological polar surface area (TPSA) is 77.0 Å². The van der Waals surface area contributed by atoms with Crippen molar-refractivity contribution in [2.45, 2.75) is 0 Å². The number of carbonyl (C=O) groups is 1. The number of hydrogen-bond donors (Lipinski definition) is 1. The van der Waals surface area contributed by atoms with Crippen LogP contribution in [0.15, 0.2) is 58.7 Å². The van der Waals surface area contributed by atoms with Gasteiger partial charge in [0.15, 0.2) is 5.17 Å². The summed E-state index contributed by atoms with van der Waals surface area (Å²) in [5, 5.41) is 7.97. The first-order chi connectivity index (χ1) is 11.1. The number of ether oxygens (including phenoxy) is 1. The molecule has 0 atom stereocenters. The van der Waals surface area contributed by atoms with Crippen LogP contribution in [-0.2, 0) is 0 Å². The fourth-order valence-electron chi connectivity index (χ4n) is 1.57. The Hall–Kier alpha value is -2.67. The number of hydrogen-bond acceptors (Lipinski definition) is 5. The lowest BCUT2D eigenvalue weighted by molar-refractivity contribution is 0.0734. The fraction of sp³-hybridized carbons (Fsp3) is 0.0625. The van der Waals surface area contributed by atoms with Gasteiger partial charge in [0, 0.05) is 0 Å². The highest BCUT2D eigenvalue weighted by Gasteiger charge is 2.08. The van der Waals surface area contributed by atoms with Crippen molar-refractivity contribution in [3.05, 3.63) is 65.5 Å². The Labute approximate surface area is 137 Å². The van der Waals surface area contributed by atoms with E-state index in [2.05, 4.69) is 10.2 Å². The molecule has 0 bridgehead atoms. The first kappa shape index (κ1) is 16.7. The SMILES string of the molecule is CS/C(N)=N/N=C\c1ccc(OC(=O)c2ccc(F)cc2)cc1. The summed E-state index contributed by atoms with van der Waals surface area (Å²) in [5.74, 6) is -0.581. The fourth-order valence-corrected chi connectivity index (χ4v) is 1.70. The number of nitrogens with zero attached hydrogens (tertiary/aromatic N) is 2. The molecule has 0 saturated carbocycles. The molecule has 2 aromatic carbocycles. The van der Waals surface area contributed by atoms with E-state index in [-0.39, 0.29) is 5.56 Å². The van der Waals surface area contributed by atoms with Crippen LogP contribution in [0.3, 0.4) is 0 Å². The molecule has 0 saturated heterocycles. The molecule has 0 aliphatic rings. The molecular formula is C16H14FN3O2S. The Kier molecular flexibility index (Phi) is 5.87. The highest BCUT2D eigenvalue weighted by Crippen LogP contribution is 2.14. The molecule has 2 rings (SSSR count). The highest BCUT2D eigenvalue weighted by atomic mass is 32.2. The number of nitrogens with two attached hydrogens (primary N) is 1. The van der Waals surface area contributed by atoms with E-state index in [1.54, 1.807) is 30.5 Å². The zero-order valence-corrected chi connectivity index (χ0v) is 13.1. The van der Waals surface area contributed by atoms with E-state index in [1.807, 2.05) is 0 Å². The summed E-state index contributed by atoms with van der Waals surface area (Å²) in [7, 11) is 0. The maximum atomic E-state index is 12.8. The number of rotatable bonds is 4. The van der Waals surface area contributed by atoms with Gasteiger partial charge in [-0.3, -0.25) is 0 Å². The molecule has 5 nitrogen and oxygen atoms in total. The van der Waals surface area contributed by atoms with Crippen LogP contribution >= 0.6 is 11.8 Å². The molecule has 0 radical (unpaired) electrons. The van der Waals surface area contributed by atoms with Crippen LogP contribution in [0.5, 0.6) is 5.75 Å². The number of thioether (sulfide) groups is 1. The van der Waals surface area contributed by atoms with Gasteiger partial charge >= 0.3 is 5.97 Å². The predicted octanol–water partition coefficient (Wildman–Crippen LogP) is 3.06. The summed E-state index contributed by atoms with van der Waals surface area (Å²) < 4.78 is 18.0. The molecule has 7 heteroatoms. The third kappa shape index (κ3) is 5.23. The van der Waals surface area contributed by atoms with E-state index in [1.165, 1.54) is 42.2 Å². The van der Waals surface area contributed by atoms with Gasteiger partial charge in [0.2, 0.25) is 0 Å². The smallest absolute Gasteiger partial charge is 0.343 e. The minimum Gasteiger partial charge on any atom is -0.423 e. The van der Waals surface area contributed by atoms with Gasteiger partial charge in [-0.15, -0.1) is 5.10 Å². The molecular weight excluding hydrogens is 317 g/mol. The molecule has 0 spiro atoms. The lowest BCUT2D eigenvalue weighted by Crippen LogP contribution is -2.08. The van der Waals surface area contributed by atoms with Gasteiger partial charge < -0.3 is 10.5 Å². The van der Waals surface area contributed by atoms with E-state index < -0.39 is 11.8 Å². The van der Waals surface area contributed by atoms with Gasteiger partial charge in [0.05, 0.1) is 11.8 Å². The molecule has 0 amide bonds. The van der Waals surface area contributed by atoms with Crippen molar-refractivity contribution in [2.24, 2.45) is 15.9 Å². The van der Waals surface area contributed by atoms with Gasteiger partial charge in [0.25, 0.3) is 0 Å². The molecule has 0 aliphatic heterocycles. The molecule has 2 aromatic rings. The number of carbonyl (C=O) groups excluding carboxylic acids is 1. The third-order valence-corrected chi connectivity index (χ3v) is 3.24.